The molecule has 0 radical (unpaired) electrons. The number of para-hydroxylation sites is 1. The van der Waals surface area contributed by atoms with Gasteiger partial charge < -0.3 is 4.90 Å². The fourth-order valence-electron chi connectivity index (χ4n) is 8.44. The van der Waals surface area contributed by atoms with E-state index in [2.05, 4.69) is 254 Å². The highest BCUT2D eigenvalue weighted by Crippen LogP contribution is 2.46. The van der Waals surface area contributed by atoms with E-state index in [0.717, 1.165) is 28.2 Å². The number of fused-ring (bicyclic) bond motifs is 1. The van der Waals surface area contributed by atoms with Gasteiger partial charge in [0.1, 0.15) is 0 Å². The van der Waals surface area contributed by atoms with Gasteiger partial charge in [-0.1, -0.05) is 212 Å². The van der Waals surface area contributed by atoms with Crippen molar-refractivity contribution in [3.8, 4) is 66.8 Å². The minimum absolute atomic E-state index is 1.08. The third-order valence-corrected chi connectivity index (χ3v) is 11.3. The summed E-state index contributed by atoms with van der Waals surface area (Å²) in [7, 11) is 0. The fourth-order valence-corrected chi connectivity index (χ4v) is 8.44. The number of nitrogens with zero attached hydrogens (tertiary/aromatic N) is 1. The van der Waals surface area contributed by atoms with Crippen LogP contribution in [0.2, 0.25) is 0 Å². The molecular weight excluding hydrogens is 711 g/mol. The molecule has 0 saturated heterocycles. The molecule has 0 aliphatic heterocycles. The Morgan fingerprint density at radius 3 is 1.27 bits per heavy atom. The molecule has 0 spiro atoms. The van der Waals surface area contributed by atoms with Gasteiger partial charge in [-0.2, -0.15) is 0 Å². The van der Waals surface area contributed by atoms with Gasteiger partial charge in [-0.15, -0.1) is 0 Å². The van der Waals surface area contributed by atoms with Crippen molar-refractivity contribution in [2.75, 3.05) is 4.90 Å². The molecule has 1 heteroatoms. The van der Waals surface area contributed by atoms with Crippen LogP contribution in [0, 0.1) is 0 Å². The Morgan fingerprint density at radius 2 is 0.627 bits per heavy atom. The first-order valence-electron chi connectivity index (χ1n) is 20.3. The van der Waals surface area contributed by atoms with E-state index >= 15 is 0 Å². The second kappa shape index (κ2) is 16.0. The van der Waals surface area contributed by atoms with Gasteiger partial charge >= 0.3 is 0 Å². The molecule has 10 rings (SSSR count). The summed E-state index contributed by atoms with van der Waals surface area (Å²) in [6, 6.07) is 89.8. The summed E-state index contributed by atoms with van der Waals surface area (Å²) in [5.41, 5.74) is 17.6. The van der Waals surface area contributed by atoms with Gasteiger partial charge in [0.2, 0.25) is 0 Å². The standard InChI is InChI=1S/C58H41N/c1-5-18-42(19-6-1)49-36-39-57(55(41-49)46-24-11-4-12-25-46)59(56-33-14-13-30-52(56)44-20-7-2-8-21-44)51-37-34-43(35-38-51)48-28-15-29-50(40-48)54-32-17-27-47-26-16-31-53(58(47)54)45-22-9-3-10-23-45/h1-41H. The lowest BCUT2D eigenvalue weighted by molar-refractivity contribution is 1.28. The molecule has 10 aromatic carbocycles. The zero-order chi connectivity index (χ0) is 39.4. The molecular formula is C58H41N. The summed E-state index contributed by atoms with van der Waals surface area (Å²) in [5, 5.41) is 2.51. The van der Waals surface area contributed by atoms with Gasteiger partial charge in [0.25, 0.3) is 0 Å². The molecule has 0 saturated carbocycles. The van der Waals surface area contributed by atoms with E-state index < -0.39 is 0 Å². The van der Waals surface area contributed by atoms with Gasteiger partial charge in [-0.3, -0.25) is 0 Å². The van der Waals surface area contributed by atoms with Crippen LogP contribution >= 0.6 is 0 Å². The van der Waals surface area contributed by atoms with E-state index in [1.54, 1.807) is 0 Å². The Hall–Kier alpha value is -7.74. The van der Waals surface area contributed by atoms with Gasteiger partial charge in [0.15, 0.2) is 0 Å². The van der Waals surface area contributed by atoms with Crippen molar-refractivity contribution in [1.82, 2.24) is 0 Å². The van der Waals surface area contributed by atoms with Crippen LogP contribution in [0.1, 0.15) is 0 Å². The van der Waals surface area contributed by atoms with E-state index in [1.807, 2.05) is 0 Å². The van der Waals surface area contributed by atoms with Gasteiger partial charge in [-0.05, 0) is 103 Å². The second-order valence-electron chi connectivity index (χ2n) is 14.9. The SMILES string of the molecule is c1ccc(-c2ccc(N(c3ccc(-c4cccc(-c5cccc6cccc(-c7ccccc7)c56)c4)cc3)c3ccccc3-c3ccccc3)c(-c3ccccc3)c2)cc1. The first-order valence-corrected chi connectivity index (χ1v) is 20.3. The average molecular weight is 752 g/mol. The summed E-state index contributed by atoms with van der Waals surface area (Å²) in [5.74, 6) is 0. The van der Waals surface area contributed by atoms with E-state index in [-0.39, 0.29) is 0 Å². The fraction of sp³-hybridized carbons (Fsp3) is 0. The van der Waals surface area contributed by atoms with Crippen molar-refractivity contribution in [2.24, 2.45) is 0 Å². The van der Waals surface area contributed by atoms with Crippen LogP contribution in [-0.4, -0.2) is 0 Å². The zero-order valence-electron chi connectivity index (χ0n) is 32.6. The van der Waals surface area contributed by atoms with Crippen molar-refractivity contribution in [3.63, 3.8) is 0 Å². The number of anilines is 3. The van der Waals surface area contributed by atoms with E-state index in [1.165, 1.54) is 66.4 Å². The quantitative estimate of drug-likeness (QED) is 0.142. The van der Waals surface area contributed by atoms with Crippen LogP contribution < -0.4 is 4.90 Å². The number of benzene rings is 10. The lowest BCUT2D eigenvalue weighted by Gasteiger charge is -2.30. The monoisotopic (exact) mass is 751 g/mol. The van der Waals surface area contributed by atoms with Crippen molar-refractivity contribution in [1.29, 1.82) is 0 Å². The summed E-state index contributed by atoms with van der Waals surface area (Å²) in [6.07, 6.45) is 0. The van der Waals surface area contributed by atoms with Crippen LogP contribution in [0.15, 0.2) is 249 Å². The predicted octanol–water partition coefficient (Wildman–Crippen LogP) is 16.3. The molecule has 0 aromatic heterocycles. The lowest BCUT2D eigenvalue weighted by atomic mass is 9.90. The normalized spacial score (nSPS) is 11.1. The molecule has 0 aliphatic rings. The van der Waals surface area contributed by atoms with E-state index in [9.17, 15) is 0 Å². The summed E-state index contributed by atoms with van der Waals surface area (Å²) >= 11 is 0. The Labute approximate surface area is 346 Å². The molecule has 0 aliphatic carbocycles. The second-order valence-corrected chi connectivity index (χ2v) is 14.9. The van der Waals surface area contributed by atoms with Crippen molar-refractivity contribution in [3.05, 3.63) is 249 Å². The maximum atomic E-state index is 2.43. The van der Waals surface area contributed by atoms with Crippen LogP contribution in [-0.2, 0) is 0 Å². The van der Waals surface area contributed by atoms with Crippen molar-refractivity contribution < 1.29 is 0 Å². The van der Waals surface area contributed by atoms with Crippen LogP contribution in [0.5, 0.6) is 0 Å². The minimum Gasteiger partial charge on any atom is -0.309 e. The minimum atomic E-state index is 1.08. The molecule has 10 aromatic rings. The van der Waals surface area contributed by atoms with Crippen LogP contribution in [0.25, 0.3) is 77.5 Å². The van der Waals surface area contributed by atoms with E-state index in [0.29, 0.717) is 0 Å². The number of rotatable bonds is 9. The summed E-state index contributed by atoms with van der Waals surface area (Å²) < 4.78 is 0. The molecule has 0 heterocycles. The topological polar surface area (TPSA) is 3.24 Å². The molecule has 59 heavy (non-hydrogen) atoms. The highest BCUT2D eigenvalue weighted by atomic mass is 15.1. The predicted molar refractivity (Wildman–Crippen MR) is 251 cm³/mol. The number of hydrogen-bond acceptors (Lipinski definition) is 1. The summed E-state index contributed by atoms with van der Waals surface area (Å²) in [6.45, 7) is 0. The Kier molecular flexibility index (Phi) is 9.68. The zero-order valence-corrected chi connectivity index (χ0v) is 32.6. The average Bonchev–Trinajstić information content (AvgIpc) is 3.33. The number of hydrogen-bond donors (Lipinski definition) is 0. The molecule has 0 atom stereocenters. The first-order chi connectivity index (χ1) is 29.3. The third-order valence-electron chi connectivity index (χ3n) is 11.3. The molecule has 0 bridgehead atoms. The van der Waals surface area contributed by atoms with Crippen molar-refractivity contribution in [2.45, 2.75) is 0 Å². The van der Waals surface area contributed by atoms with E-state index in [4.69, 9.17) is 0 Å². The summed E-state index contributed by atoms with van der Waals surface area (Å²) in [4.78, 5) is 2.43. The first kappa shape index (κ1) is 35.7. The Balaban J connectivity index is 1.11. The van der Waals surface area contributed by atoms with Crippen LogP contribution in [0.4, 0.5) is 17.1 Å². The van der Waals surface area contributed by atoms with Gasteiger partial charge in [-0.25, -0.2) is 0 Å². The maximum Gasteiger partial charge on any atom is 0.0540 e. The molecule has 0 fully saturated rings. The van der Waals surface area contributed by atoms with Gasteiger partial charge in [0, 0.05) is 16.8 Å². The van der Waals surface area contributed by atoms with Gasteiger partial charge in [0.05, 0.1) is 11.4 Å². The highest BCUT2D eigenvalue weighted by Gasteiger charge is 2.21. The van der Waals surface area contributed by atoms with Crippen molar-refractivity contribution >= 4 is 27.8 Å². The smallest absolute Gasteiger partial charge is 0.0540 e. The lowest BCUT2D eigenvalue weighted by Crippen LogP contribution is -2.12. The Morgan fingerprint density at radius 1 is 0.220 bits per heavy atom. The molecule has 0 amide bonds. The maximum absolute atomic E-state index is 2.43. The largest absolute Gasteiger partial charge is 0.309 e. The molecule has 0 N–H and O–H groups in total. The molecule has 1 nitrogen and oxygen atoms in total. The molecule has 278 valence electrons. The van der Waals surface area contributed by atoms with Crippen LogP contribution in [0.3, 0.4) is 0 Å². The highest BCUT2D eigenvalue weighted by molar-refractivity contribution is 6.06. The Bertz CT molecular complexity index is 3000. The third kappa shape index (κ3) is 7.12. The molecule has 0 unspecified atom stereocenters.